The van der Waals surface area contributed by atoms with E-state index in [0.717, 1.165) is 5.56 Å². The zero-order valence-corrected chi connectivity index (χ0v) is 18.1. The van der Waals surface area contributed by atoms with Crippen LogP contribution in [0, 0.1) is 12.7 Å². The molecule has 0 atom stereocenters. The Bertz CT molecular complexity index is 1310. The van der Waals surface area contributed by atoms with Crippen molar-refractivity contribution in [3.05, 3.63) is 83.7 Å². The van der Waals surface area contributed by atoms with Gasteiger partial charge in [0.25, 0.3) is 5.91 Å². The van der Waals surface area contributed by atoms with E-state index < -0.39 is 0 Å². The third kappa shape index (κ3) is 4.62. The van der Waals surface area contributed by atoms with Crippen molar-refractivity contribution >= 4 is 23.1 Å². The van der Waals surface area contributed by atoms with Crippen molar-refractivity contribution in [2.24, 2.45) is 0 Å². The van der Waals surface area contributed by atoms with Gasteiger partial charge < -0.3 is 26.0 Å². The molecule has 5 N–H and O–H groups in total. The maximum absolute atomic E-state index is 14.5. The first-order chi connectivity index (χ1) is 15.8. The summed E-state index contributed by atoms with van der Waals surface area (Å²) in [5.41, 5.74) is 9.89. The molecule has 0 bridgehead atoms. The normalized spacial score (nSPS) is 10.8. The lowest BCUT2D eigenvalue weighted by molar-refractivity contribution is 0.0946. The number of imidazole rings is 1. The number of anilines is 3. The van der Waals surface area contributed by atoms with E-state index >= 15 is 0 Å². The molecule has 0 radical (unpaired) electrons. The Morgan fingerprint density at radius 2 is 2.03 bits per heavy atom. The minimum Gasteiger partial charge on any atom is -0.507 e. The molecule has 0 unspecified atom stereocenters. The summed E-state index contributed by atoms with van der Waals surface area (Å²) < 4.78 is 14.5. The van der Waals surface area contributed by atoms with Gasteiger partial charge in [-0.1, -0.05) is 12.1 Å². The Morgan fingerprint density at radius 1 is 1.21 bits per heavy atom. The Morgan fingerprint density at radius 3 is 2.73 bits per heavy atom. The number of amides is 1. The number of pyridine rings is 1. The van der Waals surface area contributed by atoms with Crippen molar-refractivity contribution in [3.63, 3.8) is 0 Å². The largest absolute Gasteiger partial charge is 0.507 e. The number of nitrogens with zero attached hydrogens (tertiary/aromatic N) is 3. The number of hydrogen-bond acceptors (Lipinski definition) is 6. The predicted octanol–water partition coefficient (Wildman–Crippen LogP) is 3.90. The van der Waals surface area contributed by atoms with E-state index in [2.05, 4.69) is 20.3 Å². The van der Waals surface area contributed by atoms with Crippen LogP contribution >= 0.6 is 0 Å². The van der Waals surface area contributed by atoms with Gasteiger partial charge in [0, 0.05) is 30.4 Å². The number of aryl methyl sites for hydroxylation is 1. The van der Waals surface area contributed by atoms with Crippen LogP contribution < -0.4 is 16.0 Å². The van der Waals surface area contributed by atoms with Gasteiger partial charge in [-0.2, -0.15) is 0 Å². The molecule has 168 valence electrons. The number of aromatic hydroxyl groups is 1. The number of H-pyrrole nitrogens is 1. The van der Waals surface area contributed by atoms with Crippen LogP contribution in [0.2, 0.25) is 0 Å². The zero-order chi connectivity index (χ0) is 23.5. The van der Waals surface area contributed by atoms with E-state index in [0.29, 0.717) is 33.9 Å². The van der Waals surface area contributed by atoms with Crippen molar-refractivity contribution < 1.29 is 14.3 Å². The van der Waals surface area contributed by atoms with E-state index in [-0.39, 0.29) is 29.8 Å². The number of nitrogens with one attached hydrogen (secondary N) is 2. The first-order valence-electron chi connectivity index (χ1n) is 10.2. The van der Waals surface area contributed by atoms with Crippen molar-refractivity contribution in [1.82, 2.24) is 20.3 Å². The summed E-state index contributed by atoms with van der Waals surface area (Å²) in [4.78, 5) is 24.7. The summed E-state index contributed by atoms with van der Waals surface area (Å²) >= 11 is 0. The van der Waals surface area contributed by atoms with Gasteiger partial charge in [-0.15, -0.1) is 0 Å². The summed E-state index contributed by atoms with van der Waals surface area (Å²) in [7, 11) is 1.75. The maximum Gasteiger partial charge on any atom is 0.269 e. The van der Waals surface area contributed by atoms with Crippen LogP contribution in [0.15, 0.2) is 61.1 Å². The average molecular weight is 446 g/mol. The molecule has 2 aromatic heterocycles. The third-order valence-corrected chi connectivity index (χ3v) is 5.30. The highest BCUT2D eigenvalue weighted by Gasteiger charge is 2.15. The number of nitrogens with two attached hydrogens (primary N) is 1. The number of halogens is 1. The van der Waals surface area contributed by atoms with Gasteiger partial charge in [-0.3, -0.25) is 4.79 Å². The molecule has 1 amide bonds. The second kappa shape index (κ2) is 8.99. The van der Waals surface area contributed by atoms with Gasteiger partial charge in [0.15, 0.2) is 0 Å². The molecule has 0 aliphatic rings. The SMILES string of the molecule is Cc1ccc(N(C)c2ccc(O)c(-c3ccc(CNC(=O)c4cnc[nH]4)c(N)n3)c2)c(F)c1. The average Bonchev–Trinajstić information content (AvgIpc) is 3.33. The van der Waals surface area contributed by atoms with Gasteiger partial charge in [-0.25, -0.2) is 14.4 Å². The van der Waals surface area contributed by atoms with Crippen molar-refractivity contribution in [3.8, 4) is 17.0 Å². The lowest BCUT2D eigenvalue weighted by Crippen LogP contribution is -2.23. The van der Waals surface area contributed by atoms with Gasteiger partial charge in [0.1, 0.15) is 23.1 Å². The molecule has 4 rings (SSSR count). The number of benzene rings is 2. The lowest BCUT2D eigenvalue weighted by atomic mass is 10.1. The Balaban J connectivity index is 1.57. The monoisotopic (exact) mass is 446 g/mol. The molecule has 4 aromatic rings. The van der Waals surface area contributed by atoms with Crippen LogP contribution in [0.1, 0.15) is 21.6 Å². The molecule has 2 heterocycles. The number of carbonyl (C=O) groups is 1. The van der Waals surface area contributed by atoms with Crippen molar-refractivity contribution in [2.45, 2.75) is 13.5 Å². The third-order valence-electron chi connectivity index (χ3n) is 5.30. The second-order valence-corrected chi connectivity index (χ2v) is 7.60. The minimum atomic E-state index is -0.337. The quantitative estimate of drug-likeness (QED) is 0.357. The fraction of sp³-hybridized carbons (Fsp3) is 0.125. The van der Waals surface area contributed by atoms with Gasteiger partial charge in [0.05, 0.1) is 23.9 Å². The minimum absolute atomic E-state index is 0.0173. The summed E-state index contributed by atoms with van der Waals surface area (Å²) in [5.74, 6) is -0.410. The van der Waals surface area contributed by atoms with Crippen LogP contribution in [-0.4, -0.2) is 33.0 Å². The van der Waals surface area contributed by atoms with Crippen LogP contribution in [0.3, 0.4) is 0 Å². The molecule has 0 spiro atoms. The number of carbonyl (C=O) groups excluding carboxylic acids is 1. The molecule has 0 saturated heterocycles. The highest BCUT2D eigenvalue weighted by Crippen LogP contribution is 2.35. The Hall–Kier alpha value is -4.40. The number of phenolic OH excluding ortho intramolecular Hbond substituents is 1. The number of phenols is 1. The number of nitrogen functional groups attached to an aromatic ring is 1. The molecule has 33 heavy (non-hydrogen) atoms. The van der Waals surface area contributed by atoms with E-state index in [1.54, 1.807) is 42.3 Å². The van der Waals surface area contributed by atoms with Crippen LogP contribution in [-0.2, 0) is 6.54 Å². The van der Waals surface area contributed by atoms with E-state index in [1.807, 2.05) is 13.0 Å². The summed E-state index contributed by atoms with van der Waals surface area (Å²) in [5, 5.41) is 13.2. The van der Waals surface area contributed by atoms with Gasteiger partial charge in [-0.05, 0) is 48.9 Å². The molecule has 0 aliphatic carbocycles. The molecule has 8 nitrogen and oxygen atoms in total. The molecular weight excluding hydrogens is 423 g/mol. The molecule has 0 fully saturated rings. The Labute approximate surface area is 189 Å². The maximum atomic E-state index is 14.5. The fourth-order valence-electron chi connectivity index (χ4n) is 3.41. The molecule has 9 heteroatoms. The number of hydrogen-bond donors (Lipinski definition) is 4. The first-order valence-corrected chi connectivity index (χ1v) is 10.2. The molecule has 2 aromatic carbocycles. The lowest BCUT2D eigenvalue weighted by Gasteiger charge is -2.21. The van der Waals surface area contributed by atoms with E-state index in [1.165, 1.54) is 24.7 Å². The van der Waals surface area contributed by atoms with Crippen LogP contribution in [0.25, 0.3) is 11.3 Å². The molecule has 0 aliphatic heterocycles. The smallest absolute Gasteiger partial charge is 0.269 e. The first kappa shape index (κ1) is 21.8. The van der Waals surface area contributed by atoms with Crippen LogP contribution in [0.4, 0.5) is 21.6 Å². The number of aromatic amines is 1. The number of aromatic nitrogens is 3. The van der Waals surface area contributed by atoms with Gasteiger partial charge >= 0.3 is 0 Å². The summed E-state index contributed by atoms with van der Waals surface area (Å²) in [6.07, 6.45) is 2.85. The summed E-state index contributed by atoms with van der Waals surface area (Å²) in [6.45, 7) is 2.01. The predicted molar refractivity (Wildman–Crippen MR) is 125 cm³/mol. The second-order valence-electron chi connectivity index (χ2n) is 7.60. The highest BCUT2D eigenvalue weighted by atomic mass is 19.1. The molecular formula is C24H23FN6O2. The van der Waals surface area contributed by atoms with Crippen molar-refractivity contribution in [1.29, 1.82) is 0 Å². The Kier molecular flexibility index (Phi) is 5.95. The zero-order valence-electron chi connectivity index (χ0n) is 18.1. The van der Waals surface area contributed by atoms with Gasteiger partial charge in [0.2, 0.25) is 0 Å². The van der Waals surface area contributed by atoms with Crippen LogP contribution in [0.5, 0.6) is 5.75 Å². The topological polar surface area (TPSA) is 120 Å². The molecule has 0 saturated carbocycles. The fourth-order valence-corrected chi connectivity index (χ4v) is 3.41. The highest BCUT2D eigenvalue weighted by molar-refractivity contribution is 5.92. The van der Waals surface area contributed by atoms with E-state index in [9.17, 15) is 14.3 Å². The summed E-state index contributed by atoms with van der Waals surface area (Å²) in [6, 6.07) is 13.4. The standard InChI is InChI=1S/C24H23FN6O2/c1-14-3-7-21(18(25)9-14)31(2)16-5-8-22(32)17(10-16)19-6-4-15(23(26)30-19)11-28-24(33)20-12-27-13-29-20/h3-10,12-13,32H,11H2,1-2H3,(H2,26,30)(H,27,29)(H,28,33). The number of rotatable bonds is 6. The van der Waals surface area contributed by atoms with E-state index in [4.69, 9.17) is 5.73 Å². The van der Waals surface area contributed by atoms with Crippen molar-refractivity contribution in [2.75, 3.05) is 17.7 Å².